The van der Waals surface area contributed by atoms with Gasteiger partial charge in [-0.05, 0) is 13.8 Å². The van der Waals surface area contributed by atoms with E-state index >= 15 is 0 Å². The molecule has 2 heterocycles. The second kappa shape index (κ2) is 4.53. The number of nitrogens with zero attached hydrogens (tertiary/aromatic N) is 1. The van der Waals surface area contributed by atoms with E-state index in [2.05, 4.69) is 15.3 Å². The number of imidazole rings is 1. The van der Waals surface area contributed by atoms with E-state index in [1.165, 1.54) is 0 Å². The summed E-state index contributed by atoms with van der Waals surface area (Å²) in [5.74, 6) is 0.910. The second-order valence-corrected chi connectivity index (χ2v) is 4.46. The predicted octanol–water partition coefficient (Wildman–Crippen LogP) is 0.348. The summed E-state index contributed by atoms with van der Waals surface area (Å²) in [6.45, 7) is 5.71. The molecule has 0 spiro atoms. The topological polar surface area (TPSA) is 70.2 Å². The van der Waals surface area contributed by atoms with Crippen LogP contribution in [-0.2, 0) is 11.3 Å². The number of H-pyrrole nitrogens is 1. The molecular weight excluding hydrogens is 206 g/mol. The first kappa shape index (κ1) is 11.6. The molecule has 0 aromatic carbocycles. The number of nitrogens with one attached hydrogen (secondary N) is 2. The summed E-state index contributed by atoms with van der Waals surface area (Å²) in [7, 11) is 0. The van der Waals surface area contributed by atoms with Crippen LogP contribution in [0.1, 0.15) is 24.9 Å². The van der Waals surface area contributed by atoms with E-state index in [1.807, 2.05) is 13.8 Å². The molecule has 0 radical (unpaired) electrons. The molecule has 0 bridgehead atoms. The normalized spacial score (nSPS) is 29.8. The van der Waals surface area contributed by atoms with E-state index < -0.39 is 5.60 Å². The van der Waals surface area contributed by atoms with E-state index in [1.54, 1.807) is 6.20 Å². The van der Waals surface area contributed by atoms with Gasteiger partial charge >= 0.3 is 0 Å². The lowest BCUT2D eigenvalue weighted by Gasteiger charge is -2.26. The smallest absolute Gasteiger partial charge is 0.105 e. The Morgan fingerprint density at radius 3 is 3.12 bits per heavy atom. The van der Waals surface area contributed by atoms with Crippen molar-refractivity contribution in [3.63, 3.8) is 0 Å². The van der Waals surface area contributed by atoms with E-state index in [-0.39, 0.29) is 6.10 Å². The third kappa shape index (κ3) is 2.42. The standard InChI is InChI=1S/C11H19N3O2/c1-8-11(15,3-4-16-8)7-12-5-10-6-13-9(2)14-10/h6,8,12,15H,3-5,7H2,1-2H3,(H,13,14). The number of aromatic nitrogens is 2. The lowest BCUT2D eigenvalue weighted by atomic mass is 9.97. The van der Waals surface area contributed by atoms with Crippen molar-refractivity contribution >= 4 is 0 Å². The Morgan fingerprint density at radius 1 is 1.75 bits per heavy atom. The monoisotopic (exact) mass is 225 g/mol. The van der Waals surface area contributed by atoms with Gasteiger partial charge in [-0.25, -0.2) is 4.98 Å². The van der Waals surface area contributed by atoms with Gasteiger partial charge in [-0.3, -0.25) is 0 Å². The molecule has 16 heavy (non-hydrogen) atoms. The van der Waals surface area contributed by atoms with E-state index in [9.17, 15) is 5.11 Å². The molecule has 5 heteroatoms. The van der Waals surface area contributed by atoms with Crippen molar-refractivity contribution in [2.24, 2.45) is 0 Å². The number of aliphatic hydroxyl groups is 1. The fourth-order valence-corrected chi connectivity index (χ4v) is 1.98. The van der Waals surface area contributed by atoms with Crippen LogP contribution in [0.4, 0.5) is 0 Å². The first-order chi connectivity index (χ1) is 7.60. The molecule has 2 atom stereocenters. The Hall–Kier alpha value is -0.910. The maximum absolute atomic E-state index is 10.2. The molecule has 90 valence electrons. The van der Waals surface area contributed by atoms with Crippen LogP contribution in [0.25, 0.3) is 0 Å². The molecule has 0 saturated carbocycles. The molecule has 2 rings (SSSR count). The van der Waals surface area contributed by atoms with Crippen molar-refractivity contribution in [2.75, 3.05) is 13.2 Å². The Morgan fingerprint density at radius 2 is 2.56 bits per heavy atom. The van der Waals surface area contributed by atoms with Gasteiger partial charge in [0, 0.05) is 38.0 Å². The number of ether oxygens (including phenoxy) is 1. The Labute approximate surface area is 95.2 Å². The van der Waals surface area contributed by atoms with Gasteiger partial charge in [0.25, 0.3) is 0 Å². The van der Waals surface area contributed by atoms with Gasteiger partial charge < -0.3 is 20.1 Å². The van der Waals surface area contributed by atoms with Gasteiger partial charge in [0.1, 0.15) is 11.4 Å². The molecule has 3 N–H and O–H groups in total. The molecule has 1 aromatic heterocycles. The molecule has 0 amide bonds. The SMILES string of the molecule is Cc1ncc(CNCC2(O)CCOC2C)[nH]1. The summed E-state index contributed by atoms with van der Waals surface area (Å²) in [4.78, 5) is 7.26. The summed E-state index contributed by atoms with van der Waals surface area (Å²) in [5, 5.41) is 13.5. The summed E-state index contributed by atoms with van der Waals surface area (Å²) in [6, 6.07) is 0. The van der Waals surface area contributed by atoms with Crippen molar-refractivity contribution in [3.05, 3.63) is 17.7 Å². The van der Waals surface area contributed by atoms with Crippen molar-refractivity contribution in [1.82, 2.24) is 15.3 Å². The van der Waals surface area contributed by atoms with Crippen LogP contribution in [0.2, 0.25) is 0 Å². The lowest BCUT2D eigenvalue weighted by molar-refractivity contribution is -0.0263. The summed E-state index contributed by atoms with van der Waals surface area (Å²) < 4.78 is 5.37. The molecule has 1 fully saturated rings. The third-order valence-corrected chi connectivity index (χ3v) is 3.16. The number of hydrogen-bond acceptors (Lipinski definition) is 4. The minimum atomic E-state index is -0.727. The highest BCUT2D eigenvalue weighted by Gasteiger charge is 2.38. The molecule has 1 aliphatic rings. The first-order valence-corrected chi connectivity index (χ1v) is 5.65. The molecule has 0 aliphatic carbocycles. The van der Waals surface area contributed by atoms with E-state index in [0.29, 0.717) is 26.1 Å². The zero-order valence-corrected chi connectivity index (χ0v) is 9.79. The van der Waals surface area contributed by atoms with Crippen LogP contribution in [0.5, 0.6) is 0 Å². The number of hydrogen-bond donors (Lipinski definition) is 3. The zero-order chi connectivity index (χ0) is 11.6. The van der Waals surface area contributed by atoms with Gasteiger partial charge in [0.2, 0.25) is 0 Å². The Balaban J connectivity index is 1.79. The van der Waals surface area contributed by atoms with Crippen LogP contribution < -0.4 is 5.32 Å². The minimum Gasteiger partial charge on any atom is -0.386 e. The van der Waals surface area contributed by atoms with Crippen molar-refractivity contribution in [1.29, 1.82) is 0 Å². The maximum atomic E-state index is 10.2. The van der Waals surface area contributed by atoms with Crippen LogP contribution in [-0.4, -0.2) is 39.9 Å². The zero-order valence-electron chi connectivity index (χ0n) is 9.79. The van der Waals surface area contributed by atoms with Crippen LogP contribution in [0, 0.1) is 6.92 Å². The molecule has 1 saturated heterocycles. The second-order valence-electron chi connectivity index (χ2n) is 4.46. The van der Waals surface area contributed by atoms with E-state index in [0.717, 1.165) is 11.5 Å². The van der Waals surface area contributed by atoms with Gasteiger partial charge in [0.15, 0.2) is 0 Å². The van der Waals surface area contributed by atoms with Crippen LogP contribution in [0.15, 0.2) is 6.20 Å². The van der Waals surface area contributed by atoms with Crippen molar-refractivity contribution in [3.8, 4) is 0 Å². The van der Waals surface area contributed by atoms with Crippen LogP contribution >= 0.6 is 0 Å². The summed E-state index contributed by atoms with van der Waals surface area (Å²) in [5.41, 5.74) is 0.308. The predicted molar refractivity (Wildman–Crippen MR) is 60.0 cm³/mol. The minimum absolute atomic E-state index is 0.0940. The number of aromatic amines is 1. The molecule has 2 unspecified atom stereocenters. The van der Waals surface area contributed by atoms with Gasteiger partial charge in [0.05, 0.1) is 6.10 Å². The fourth-order valence-electron chi connectivity index (χ4n) is 1.98. The first-order valence-electron chi connectivity index (χ1n) is 5.65. The Bertz CT molecular complexity index is 353. The van der Waals surface area contributed by atoms with Gasteiger partial charge in [-0.2, -0.15) is 0 Å². The van der Waals surface area contributed by atoms with Crippen LogP contribution in [0.3, 0.4) is 0 Å². The highest BCUT2D eigenvalue weighted by Crippen LogP contribution is 2.24. The summed E-state index contributed by atoms with van der Waals surface area (Å²) >= 11 is 0. The molecule has 5 nitrogen and oxygen atoms in total. The number of aryl methyl sites for hydroxylation is 1. The summed E-state index contributed by atoms with van der Waals surface area (Å²) in [6.07, 6.45) is 2.41. The largest absolute Gasteiger partial charge is 0.386 e. The van der Waals surface area contributed by atoms with Crippen molar-refractivity contribution < 1.29 is 9.84 Å². The quantitative estimate of drug-likeness (QED) is 0.691. The lowest BCUT2D eigenvalue weighted by Crippen LogP contribution is -2.45. The number of rotatable bonds is 4. The average molecular weight is 225 g/mol. The Kier molecular flexibility index (Phi) is 3.28. The van der Waals surface area contributed by atoms with Gasteiger partial charge in [-0.1, -0.05) is 0 Å². The molecule has 1 aliphatic heterocycles. The highest BCUT2D eigenvalue weighted by atomic mass is 16.5. The van der Waals surface area contributed by atoms with Gasteiger partial charge in [-0.15, -0.1) is 0 Å². The van der Waals surface area contributed by atoms with E-state index in [4.69, 9.17) is 4.74 Å². The molecular formula is C11H19N3O2. The average Bonchev–Trinajstić information content (AvgIpc) is 2.76. The molecule has 1 aromatic rings. The fraction of sp³-hybridized carbons (Fsp3) is 0.727. The third-order valence-electron chi connectivity index (χ3n) is 3.16. The van der Waals surface area contributed by atoms with Crippen molar-refractivity contribution in [2.45, 2.75) is 38.5 Å². The maximum Gasteiger partial charge on any atom is 0.105 e. The highest BCUT2D eigenvalue weighted by molar-refractivity contribution is 5.00.